The van der Waals surface area contributed by atoms with E-state index in [-0.39, 0.29) is 0 Å². The van der Waals surface area contributed by atoms with Crippen LogP contribution in [-0.4, -0.2) is 5.78 Å². The van der Waals surface area contributed by atoms with Crippen molar-refractivity contribution in [3.8, 4) is 0 Å². The van der Waals surface area contributed by atoms with Crippen molar-refractivity contribution in [1.29, 1.82) is 0 Å². The van der Waals surface area contributed by atoms with Gasteiger partial charge in [-0.15, -0.1) is 0 Å². The number of carbonyl (C=O) groups is 1. The van der Waals surface area contributed by atoms with E-state index in [0.29, 0.717) is 11.7 Å². The van der Waals surface area contributed by atoms with Gasteiger partial charge in [-0.1, -0.05) is 32.6 Å². The van der Waals surface area contributed by atoms with Crippen LogP contribution >= 0.6 is 0 Å². The van der Waals surface area contributed by atoms with Gasteiger partial charge in [-0.25, -0.2) is 0 Å². The zero-order chi connectivity index (χ0) is 13.2. The largest absolute Gasteiger partial charge is 0.299 e. The van der Waals surface area contributed by atoms with Gasteiger partial charge >= 0.3 is 0 Å². The van der Waals surface area contributed by atoms with E-state index in [4.69, 9.17) is 0 Å². The lowest BCUT2D eigenvalue weighted by atomic mass is 9.51. The molecule has 19 heavy (non-hydrogen) atoms. The summed E-state index contributed by atoms with van der Waals surface area (Å²) >= 11 is 0. The van der Waals surface area contributed by atoms with Crippen LogP contribution in [0.1, 0.15) is 77.6 Å². The first-order valence-corrected chi connectivity index (χ1v) is 8.80. The van der Waals surface area contributed by atoms with E-state index in [1.165, 1.54) is 57.8 Å². The van der Waals surface area contributed by atoms with Gasteiger partial charge in [0.05, 0.1) is 0 Å². The highest BCUT2D eigenvalue weighted by Gasteiger charge is 2.50. The first-order chi connectivity index (χ1) is 9.28. The second kappa shape index (κ2) is 5.97. The Balaban J connectivity index is 1.47. The second-order valence-electron chi connectivity index (χ2n) is 7.59. The maximum atomic E-state index is 12.6. The summed E-state index contributed by atoms with van der Waals surface area (Å²) in [5.41, 5.74) is 0. The molecule has 0 unspecified atom stereocenters. The van der Waals surface area contributed by atoms with Gasteiger partial charge in [0.2, 0.25) is 0 Å². The molecular formula is C18H30O. The molecule has 4 saturated carbocycles. The minimum atomic E-state index is 0.485. The van der Waals surface area contributed by atoms with E-state index < -0.39 is 0 Å². The Morgan fingerprint density at radius 3 is 2.00 bits per heavy atom. The van der Waals surface area contributed by atoms with Crippen molar-refractivity contribution in [2.75, 3.05) is 0 Å². The van der Waals surface area contributed by atoms with Gasteiger partial charge in [0.1, 0.15) is 5.78 Å². The van der Waals surface area contributed by atoms with Crippen molar-refractivity contribution in [3.63, 3.8) is 0 Å². The average Bonchev–Trinajstić information content (AvgIpc) is 2.37. The Morgan fingerprint density at radius 1 is 0.842 bits per heavy atom. The molecule has 0 aliphatic heterocycles. The lowest BCUT2D eigenvalue weighted by molar-refractivity contribution is -0.136. The highest BCUT2D eigenvalue weighted by atomic mass is 16.1. The first-order valence-electron chi connectivity index (χ1n) is 8.80. The molecule has 4 aliphatic carbocycles. The fourth-order valence-corrected chi connectivity index (χ4v) is 5.52. The molecule has 0 atom stereocenters. The molecule has 0 aromatic carbocycles. The number of hydrogen-bond donors (Lipinski definition) is 0. The molecule has 1 heteroatoms. The predicted octanol–water partition coefficient (Wildman–Crippen LogP) is 4.99. The number of carbonyl (C=O) groups excluding carboxylic acids is 1. The van der Waals surface area contributed by atoms with Gasteiger partial charge < -0.3 is 0 Å². The third kappa shape index (κ3) is 2.90. The van der Waals surface area contributed by atoms with E-state index in [0.717, 1.165) is 36.5 Å². The van der Waals surface area contributed by atoms with Crippen molar-refractivity contribution >= 4 is 5.78 Å². The molecule has 0 saturated heterocycles. The van der Waals surface area contributed by atoms with E-state index in [1.807, 2.05) is 0 Å². The van der Waals surface area contributed by atoms with Gasteiger partial charge in [0, 0.05) is 12.3 Å². The smallest absolute Gasteiger partial charge is 0.136 e. The molecule has 0 aromatic heterocycles. The normalized spacial score (nSPS) is 39.7. The molecule has 4 bridgehead atoms. The quantitative estimate of drug-likeness (QED) is 0.591. The topological polar surface area (TPSA) is 17.1 Å². The Labute approximate surface area is 118 Å². The van der Waals surface area contributed by atoms with Crippen LogP contribution in [0.4, 0.5) is 0 Å². The van der Waals surface area contributed by atoms with Crippen molar-refractivity contribution in [1.82, 2.24) is 0 Å². The fraction of sp³-hybridized carbons (Fsp3) is 0.944. The number of unbranched alkanes of at least 4 members (excludes halogenated alkanes) is 4. The lowest BCUT2D eigenvalue weighted by Crippen LogP contribution is -2.47. The maximum absolute atomic E-state index is 12.6. The lowest BCUT2D eigenvalue weighted by Gasteiger charge is -2.53. The van der Waals surface area contributed by atoms with E-state index in [2.05, 4.69) is 6.92 Å². The summed E-state index contributed by atoms with van der Waals surface area (Å²) in [6.45, 7) is 2.25. The monoisotopic (exact) mass is 262 g/mol. The second-order valence-corrected chi connectivity index (χ2v) is 7.59. The Hall–Kier alpha value is -0.330. The molecule has 108 valence electrons. The third-order valence-corrected chi connectivity index (χ3v) is 6.13. The average molecular weight is 262 g/mol. The van der Waals surface area contributed by atoms with Gasteiger partial charge in [0.25, 0.3) is 0 Å². The van der Waals surface area contributed by atoms with Crippen LogP contribution in [0.2, 0.25) is 0 Å². The standard InChI is InChI=1S/C18H30O/c1-2-3-4-5-6-7-17(19)18-15-9-13-8-14(11-15)12-16(18)10-13/h13-16,18H,2-12H2,1H3. The summed E-state index contributed by atoms with van der Waals surface area (Å²) in [7, 11) is 0. The first kappa shape index (κ1) is 13.6. The highest BCUT2D eigenvalue weighted by Crippen LogP contribution is 2.56. The third-order valence-electron chi connectivity index (χ3n) is 6.13. The van der Waals surface area contributed by atoms with Crippen molar-refractivity contribution in [2.45, 2.75) is 77.6 Å². The van der Waals surface area contributed by atoms with Crippen LogP contribution in [0, 0.1) is 29.6 Å². The molecule has 0 spiro atoms. The predicted molar refractivity (Wildman–Crippen MR) is 78.9 cm³/mol. The molecule has 1 nitrogen and oxygen atoms in total. The molecule has 4 fully saturated rings. The van der Waals surface area contributed by atoms with Crippen LogP contribution in [0.15, 0.2) is 0 Å². The van der Waals surface area contributed by atoms with Crippen molar-refractivity contribution < 1.29 is 4.79 Å². The SMILES string of the molecule is CCCCCCCC(=O)C1C2CC3CC(C2)CC1C3. The van der Waals surface area contributed by atoms with Crippen molar-refractivity contribution in [2.24, 2.45) is 29.6 Å². The number of Topliss-reactive ketones (excluding diaryl/α,β-unsaturated/α-hetero) is 1. The van der Waals surface area contributed by atoms with E-state index >= 15 is 0 Å². The molecule has 4 rings (SSSR count). The van der Waals surface area contributed by atoms with Crippen LogP contribution in [0.5, 0.6) is 0 Å². The van der Waals surface area contributed by atoms with Crippen LogP contribution in [0.3, 0.4) is 0 Å². The van der Waals surface area contributed by atoms with Gasteiger partial charge in [0.15, 0.2) is 0 Å². The zero-order valence-corrected chi connectivity index (χ0v) is 12.6. The van der Waals surface area contributed by atoms with E-state index in [1.54, 1.807) is 0 Å². The summed E-state index contributed by atoms with van der Waals surface area (Å²) in [6.07, 6.45) is 14.3. The molecule has 4 aliphatic rings. The Bertz CT molecular complexity index is 292. The molecule has 0 N–H and O–H groups in total. The highest BCUT2D eigenvalue weighted by molar-refractivity contribution is 5.81. The van der Waals surface area contributed by atoms with Gasteiger partial charge in [-0.2, -0.15) is 0 Å². The summed E-state index contributed by atoms with van der Waals surface area (Å²) in [4.78, 5) is 12.6. The van der Waals surface area contributed by atoms with Crippen LogP contribution < -0.4 is 0 Å². The molecular weight excluding hydrogens is 232 g/mol. The molecule has 0 amide bonds. The fourth-order valence-electron chi connectivity index (χ4n) is 5.52. The molecule has 0 radical (unpaired) electrons. The molecule has 0 aromatic rings. The van der Waals surface area contributed by atoms with Crippen LogP contribution in [-0.2, 0) is 4.79 Å². The van der Waals surface area contributed by atoms with Gasteiger partial charge in [-0.3, -0.25) is 4.79 Å². The minimum absolute atomic E-state index is 0.485. The summed E-state index contributed by atoms with van der Waals surface area (Å²) < 4.78 is 0. The number of rotatable bonds is 7. The minimum Gasteiger partial charge on any atom is -0.299 e. The van der Waals surface area contributed by atoms with Crippen LogP contribution in [0.25, 0.3) is 0 Å². The Morgan fingerprint density at radius 2 is 1.42 bits per heavy atom. The summed E-state index contributed by atoms with van der Waals surface area (Å²) in [5, 5.41) is 0. The zero-order valence-electron chi connectivity index (χ0n) is 12.6. The maximum Gasteiger partial charge on any atom is 0.136 e. The number of ketones is 1. The Kier molecular flexibility index (Phi) is 4.29. The number of hydrogen-bond acceptors (Lipinski definition) is 1. The van der Waals surface area contributed by atoms with E-state index in [9.17, 15) is 4.79 Å². The summed E-state index contributed by atoms with van der Waals surface area (Å²) in [6, 6.07) is 0. The summed E-state index contributed by atoms with van der Waals surface area (Å²) in [5.74, 6) is 4.70. The van der Waals surface area contributed by atoms with Gasteiger partial charge in [-0.05, 0) is 62.2 Å². The van der Waals surface area contributed by atoms with Crippen molar-refractivity contribution in [3.05, 3.63) is 0 Å². The molecule has 0 heterocycles.